The number of hydrogen-bond donors (Lipinski definition) is 2. The van der Waals surface area contributed by atoms with Crippen LogP contribution in [0.2, 0.25) is 0 Å². The van der Waals surface area contributed by atoms with E-state index in [-0.39, 0.29) is 40.7 Å². The predicted molar refractivity (Wildman–Crippen MR) is 92.5 cm³/mol. The molecule has 0 unspecified atom stereocenters. The quantitative estimate of drug-likeness (QED) is 0.633. The van der Waals surface area contributed by atoms with Crippen molar-refractivity contribution in [3.8, 4) is 0 Å². The van der Waals surface area contributed by atoms with E-state index in [1.54, 1.807) is 0 Å². The van der Waals surface area contributed by atoms with Crippen molar-refractivity contribution in [2.45, 2.75) is 63.5 Å². The summed E-state index contributed by atoms with van der Waals surface area (Å²) < 4.78 is 0. The molecule has 134 valence electrons. The SMILES string of the molecule is O=C(NC1CCCC1)c1cc(C(=O)NC2CCCC2)cc([N+](=O)[O-])c1. The van der Waals surface area contributed by atoms with Gasteiger partial charge in [-0.15, -0.1) is 0 Å². The number of nitro benzene ring substituents is 1. The third-order valence-corrected chi connectivity index (χ3v) is 5.03. The third-order valence-electron chi connectivity index (χ3n) is 5.03. The van der Waals surface area contributed by atoms with Gasteiger partial charge in [0.2, 0.25) is 0 Å². The molecule has 0 bridgehead atoms. The first-order valence-corrected chi connectivity index (χ1v) is 8.94. The fraction of sp³-hybridized carbons (Fsp3) is 0.556. The number of hydrogen-bond acceptors (Lipinski definition) is 4. The second kappa shape index (κ2) is 7.63. The van der Waals surface area contributed by atoms with E-state index in [2.05, 4.69) is 10.6 Å². The summed E-state index contributed by atoms with van der Waals surface area (Å²) in [5.74, 6) is -0.712. The van der Waals surface area contributed by atoms with Gasteiger partial charge in [0.25, 0.3) is 17.5 Å². The van der Waals surface area contributed by atoms with Crippen molar-refractivity contribution in [2.24, 2.45) is 0 Å². The Balaban J connectivity index is 1.79. The molecule has 25 heavy (non-hydrogen) atoms. The first kappa shape index (κ1) is 17.4. The molecule has 1 aromatic carbocycles. The van der Waals surface area contributed by atoms with Crippen LogP contribution in [0.4, 0.5) is 5.69 Å². The minimum Gasteiger partial charge on any atom is -0.349 e. The fourth-order valence-corrected chi connectivity index (χ4v) is 3.66. The van der Waals surface area contributed by atoms with Crippen LogP contribution in [-0.2, 0) is 0 Å². The molecule has 0 radical (unpaired) electrons. The van der Waals surface area contributed by atoms with Gasteiger partial charge in [0.05, 0.1) is 4.92 Å². The summed E-state index contributed by atoms with van der Waals surface area (Å²) in [6, 6.07) is 4.14. The molecule has 3 rings (SSSR count). The minimum atomic E-state index is -0.571. The van der Waals surface area contributed by atoms with Gasteiger partial charge in [-0.2, -0.15) is 0 Å². The molecule has 0 aromatic heterocycles. The number of benzene rings is 1. The molecular weight excluding hydrogens is 322 g/mol. The zero-order valence-corrected chi connectivity index (χ0v) is 14.1. The van der Waals surface area contributed by atoms with Gasteiger partial charge in [0, 0.05) is 35.3 Å². The van der Waals surface area contributed by atoms with E-state index in [9.17, 15) is 19.7 Å². The highest BCUT2D eigenvalue weighted by atomic mass is 16.6. The van der Waals surface area contributed by atoms with Gasteiger partial charge in [0.15, 0.2) is 0 Å². The van der Waals surface area contributed by atoms with Crippen molar-refractivity contribution in [1.82, 2.24) is 10.6 Å². The number of amides is 2. The first-order chi connectivity index (χ1) is 12.0. The number of nitro groups is 1. The maximum atomic E-state index is 12.4. The lowest BCUT2D eigenvalue weighted by Crippen LogP contribution is -2.34. The first-order valence-electron chi connectivity index (χ1n) is 8.94. The molecule has 0 spiro atoms. The van der Waals surface area contributed by atoms with Gasteiger partial charge in [-0.05, 0) is 31.7 Å². The number of nitrogens with zero attached hydrogens (tertiary/aromatic N) is 1. The van der Waals surface area contributed by atoms with Crippen LogP contribution in [-0.4, -0.2) is 28.8 Å². The van der Waals surface area contributed by atoms with Crippen molar-refractivity contribution >= 4 is 17.5 Å². The summed E-state index contributed by atoms with van der Waals surface area (Å²) in [4.78, 5) is 35.5. The molecule has 2 saturated carbocycles. The van der Waals surface area contributed by atoms with Crippen LogP contribution < -0.4 is 10.6 Å². The maximum Gasteiger partial charge on any atom is 0.271 e. The zero-order chi connectivity index (χ0) is 17.8. The van der Waals surface area contributed by atoms with Crippen molar-refractivity contribution in [3.05, 3.63) is 39.4 Å². The Bertz CT molecular complexity index is 629. The van der Waals surface area contributed by atoms with Crippen LogP contribution in [0.3, 0.4) is 0 Å². The number of non-ortho nitro benzene ring substituents is 1. The number of carbonyl (C=O) groups is 2. The lowest BCUT2D eigenvalue weighted by Gasteiger charge is -2.14. The van der Waals surface area contributed by atoms with Crippen molar-refractivity contribution in [2.75, 3.05) is 0 Å². The molecule has 2 aliphatic carbocycles. The van der Waals surface area contributed by atoms with Crippen LogP contribution in [0.5, 0.6) is 0 Å². The Morgan fingerprint density at radius 3 is 1.60 bits per heavy atom. The zero-order valence-electron chi connectivity index (χ0n) is 14.1. The van der Waals surface area contributed by atoms with Crippen LogP contribution in [0.25, 0.3) is 0 Å². The topological polar surface area (TPSA) is 101 Å². The molecule has 7 nitrogen and oxygen atoms in total. The third kappa shape index (κ3) is 4.35. The summed E-state index contributed by atoms with van der Waals surface area (Å²) >= 11 is 0. The van der Waals surface area contributed by atoms with Gasteiger partial charge in [-0.3, -0.25) is 19.7 Å². The second-order valence-electron chi connectivity index (χ2n) is 6.94. The van der Waals surface area contributed by atoms with Crippen LogP contribution >= 0.6 is 0 Å². The highest BCUT2D eigenvalue weighted by Crippen LogP contribution is 2.22. The molecule has 0 aliphatic heterocycles. The van der Waals surface area contributed by atoms with Crippen molar-refractivity contribution in [3.63, 3.8) is 0 Å². The fourth-order valence-electron chi connectivity index (χ4n) is 3.66. The number of nitrogens with one attached hydrogen (secondary N) is 2. The van der Waals surface area contributed by atoms with Crippen LogP contribution in [0.15, 0.2) is 18.2 Å². The van der Waals surface area contributed by atoms with Gasteiger partial charge in [0.1, 0.15) is 0 Å². The Hall–Kier alpha value is -2.44. The van der Waals surface area contributed by atoms with E-state index < -0.39 is 4.92 Å². The molecule has 0 atom stereocenters. The van der Waals surface area contributed by atoms with Gasteiger partial charge in [-0.1, -0.05) is 25.7 Å². The lowest BCUT2D eigenvalue weighted by atomic mass is 10.1. The molecule has 2 amide bonds. The molecule has 7 heteroatoms. The lowest BCUT2D eigenvalue weighted by molar-refractivity contribution is -0.384. The Morgan fingerprint density at radius 1 is 0.840 bits per heavy atom. The molecule has 0 heterocycles. The Morgan fingerprint density at radius 2 is 1.24 bits per heavy atom. The van der Waals surface area contributed by atoms with Crippen LogP contribution in [0, 0.1) is 10.1 Å². The standard InChI is InChI=1S/C18H23N3O4/c22-17(19-14-5-1-2-6-14)12-9-13(11-16(10-12)21(24)25)18(23)20-15-7-3-4-8-15/h9-11,14-15H,1-8H2,(H,19,22)(H,20,23). The van der Waals surface area contributed by atoms with Crippen molar-refractivity contribution in [1.29, 1.82) is 0 Å². The average molecular weight is 345 g/mol. The summed E-state index contributed by atoms with van der Waals surface area (Å²) in [5.41, 5.74) is 0.0889. The Kier molecular flexibility index (Phi) is 5.31. The predicted octanol–water partition coefficient (Wildman–Crippen LogP) is 2.94. The monoisotopic (exact) mass is 345 g/mol. The van der Waals surface area contributed by atoms with E-state index in [1.807, 2.05) is 0 Å². The highest BCUT2D eigenvalue weighted by molar-refractivity contribution is 6.00. The minimum absolute atomic E-state index is 0.113. The maximum absolute atomic E-state index is 12.4. The molecule has 2 N–H and O–H groups in total. The van der Waals surface area contributed by atoms with Gasteiger partial charge in [-0.25, -0.2) is 0 Å². The van der Waals surface area contributed by atoms with E-state index in [0.29, 0.717) is 0 Å². The van der Waals surface area contributed by atoms with E-state index >= 15 is 0 Å². The van der Waals surface area contributed by atoms with Gasteiger partial charge >= 0.3 is 0 Å². The summed E-state index contributed by atoms with van der Waals surface area (Å²) in [6.45, 7) is 0. The second-order valence-corrected chi connectivity index (χ2v) is 6.94. The smallest absolute Gasteiger partial charge is 0.271 e. The van der Waals surface area contributed by atoms with E-state index in [0.717, 1.165) is 51.4 Å². The highest BCUT2D eigenvalue weighted by Gasteiger charge is 2.23. The van der Waals surface area contributed by atoms with Gasteiger partial charge < -0.3 is 10.6 Å². The van der Waals surface area contributed by atoms with E-state index in [4.69, 9.17) is 0 Å². The summed E-state index contributed by atoms with van der Waals surface area (Å²) in [6.07, 6.45) is 8.02. The largest absolute Gasteiger partial charge is 0.349 e. The van der Waals surface area contributed by atoms with Crippen LogP contribution in [0.1, 0.15) is 72.1 Å². The molecular formula is C18H23N3O4. The number of carbonyl (C=O) groups excluding carboxylic acids is 2. The molecule has 2 fully saturated rings. The normalized spacial score (nSPS) is 18.2. The average Bonchev–Trinajstić information content (AvgIpc) is 3.28. The Labute approximate surface area is 146 Å². The molecule has 2 aliphatic rings. The summed E-state index contributed by atoms with van der Waals surface area (Å²) in [5, 5.41) is 17.0. The van der Waals surface area contributed by atoms with Crippen molar-refractivity contribution < 1.29 is 14.5 Å². The van der Waals surface area contributed by atoms with E-state index in [1.165, 1.54) is 18.2 Å². The molecule has 1 aromatic rings. The molecule has 0 saturated heterocycles. The summed E-state index contributed by atoms with van der Waals surface area (Å²) in [7, 11) is 0. The number of rotatable bonds is 5.